The molecule has 1 rings (SSSR count). The Labute approximate surface area is 90.3 Å². The van der Waals surface area contributed by atoms with Crippen molar-refractivity contribution in [1.29, 1.82) is 0 Å². The molecule has 1 unspecified atom stereocenters. The van der Waals surface area contributed by atoms with Crippen LogP contribution >= 0.6 is 0 Å². The molecule has 0 bridgehead atoms. The van der Waals surface area contributed by atoms with Crippen molar-refractivity contribution in [3.8, 4) is 0 Å². The van der Waals surface area contributed by atoms with E-state index in [0.29, 0.717) is 6.04 Å². The van der Waals surface area contributed by atoms with Gasteiger partial charge in [0.05, 0.1) is 6.42 Å². The summed E-state index contributed by atoms with van der Waals surface area (Å²) in [5.74, 6) is -0.886. The van der Waals surface area contributed by atoms with Gasteiger partial charge in [-0.2, -0.15) is 0 Å². The zero-order valence-corrected chi connectivity index (χ0v) is 9.24. The van der Waals surface area contributed by atoms with Gasteiger partial charge in [0, 0.05) is 19.0 Å². The SMILES string of the molecule is CCCC1CCCN1C(=O)CCC(=O)O. The Kier molecular flexibility index (Phi) is 4.59. The summed E-state index contributed by atoms with van der Waals surface area (Å²) in [5, 5.41) is 8.50. The van der Waals surface area contributed by atoms with Gasteiger partial charge < -0.3 is 10.0 Å². The van der Waals surface area contributed by atoms with Crippen LogP contribution < -0.4 is 0 Å². The first-order chi connectivity index (χ1) is 7.15. The third kappa shape index (κ3) is 3.53. The predicted molar refractivity (Wildman–Crippen MR) is 56.5 cm³/mol. The van der Waals surface area contributed by atoms with E-state index < -0.39 is 5.97 Å². The number of carbonyl (C=O) groups is 2. The molecule has 15 heavy (non-hydrogen) atoms. The lowest BCUT2D eigenvalue weighted by Crippen LogP contribution is -2.35. The number of carbonyl (C=O) groups excluding carboxylic acids is 1. The van der Waals surface area contributed by atoms with Crippen LogP contribution in [-0.2, 0) is 9.59 Å². The number of likely N-dealkylation sites (tertiary alicyclic amines) is 1. The second kappa shape index (κ2) is 5.73. The van der Waals surface area contributed by atoms with Crippen molar-refractivity contribution in [2.24, 2.45) is 0 Å². The van der Waals surface area contributed by atoms with Crippen LogP contribution in [0.2, 0.25) is 0 Å². The molecule has 1 amide bonds. The minimum Gasteiger partial charge on any atom is -0.481 e. The number of amides is 1. The second-order valence-electron chi connectivity index (χ2n) is 4.07. The van der Waals surface area contributed by atoms with E-state index in [2.05, 4.69) is 6.92 Å². The molecule has 4 heteroatoms. The Morgan fingerprint density at radius 2 is 2.13 bits per heavy atom. The fourth-order valence-corrected chi connectivity index (χ4v) is 2.15. The minimum absolute atomic E-state index is 0.00773. The van der Waals surface area contributed by atoms with Crippen molar-refractivity contribution in [3.05, 3.63) is 0 Å². The molecule has 0 radical (unpaired) electrons. The zero-order chi connectivity index (χ0) is 11.3. The molecule has 1 aliphatic rings. The average Bonchev–Trinajstić information content (AvgIpc) is 2.63. The summed E-state index contributed by atoms with van der Waals surface area (Å²) in [6, 6.07) is 0.358. The average molecular weight is 213 g/mol. The summed E-state index contributed by atoms with van der Waals surface area (Å²) < 4.78 is 0. The van der Waals surface area contributed by atoms with E-state index >= 15 is 0 Å². The van der Waals surface area contributed by atoms with Crippen LogP contribution in [0, 0.1) is 0 Å². The maximum absolute atomic E-state index is 11.7. The van der Waals surface area contributed by atoms with Crippen molar-refractivity contribution in [1.82, 2.24) is 4.90 Å². The van der Waals surface area contributed by atoms with Crippen molar-refractivity contribution < 1.29 is 14.7 Å². The summed E-state index contributed by atoms with van der Waals surface area (Å²) in [6.07, 6.45) is 4.35. The monoisotopic (exact) mass is 213 g/mol. The number of rotatable bonds is 5. The van der Waals surface area contributed by atoms with Crippen LogP contribution in [0.1, 0.15) is 45.4 Å². The van der Waals surface area contributed by atoms with Gasteiger partial charge in [-0.3, -0.25) is 9.59 Å². The lowest BCUT2D eigenvalue weighted by atomic mass is 10.1. The Morgan fingerprint density at radius 1 is 1.40 bits per heavy atom. The minimum atomic E-state index is -0.894. The van der Waals surface area contributed by atoms with Crippen LogP contribution in [0.5, 0.6) is 0 Å². The van der Waals surface area contributed by atoms with Crippen molar-refractivity contribution in [2.45, 2.75) is 51.5 Å². The third-order valence-electron chi connectivity index (χ3n) is 2.87. The van der Waals surface area contributed by atoms with Gasteiger partial charge in [0.2, 0.25) is 5.91 Å². The maximum Gasteiger partial charge on any atom is 0.303 e. The van der Waals surface area contributed by atoms with E-state index in [9.17, 15) is 9.59 Å². The van der Waals surface area contributed by atoms with E-state index in [0.717, 1.165) is 32.2 Å². The first-order valence-electron chi connectivity index (χ1n) is 5.66. The molecule has 4 nitrogen and oxygen atoms in total. The topological polar surface area (TPSA) is 57.6 Å². The van der Waals surface area contributed by atoms with Crippen molar-refractivity contribution >= 4 is 11.9 Å². The van der Waals surface area contributed by atoms with Crippen LogP contribution in [0.3, 0.4) is 0 Å². The summed E-state index contributed by atoms with van der Waals surface area (Å²) in [5.41, 5.74) is 0. The number of carboxylic acids is 1. The normalized spacial score (nSPS) is 20.6. The van der Waals surface area contributed by atoms with E-state index in [1.54, 1.807) is 0 Å². The summed E-state index contributed by atoms with van der Waals surface area (Å²) in [6.45, 7) is 2.92. The molecule has 0 saturated carbocycles. The molecule has 1 fully saturated rings. The second-order valence-corrected chi connectivity index (χ2v) is 4.07. The Morgan fingerprint density at radius 3 is 2.73 bits per heavy atom. The predicted octanol–water partition coefficient (Wildman–Crippen LogP) is 1.64. The number of carboxylic acid groups (broad SMARTS) is 1. The molecule has 1 heterocycles. The van der Waals surface area contributed by atoms with E-state index in [1.807, 2.05) is 4.90 Å². The van der Waals surface area contributed by atoms with Gasteiger partial charge in [-0.25, -0.2) is 0 Å². The molecule has 1 saturated heterocycles. The van der Waals surface area contributed by atoms with Gasteiger partial charge in [0.25, 0.3) is 0 Å². The van der Waals surface area contributed by atoms with E-state index in [-0.39, 0.29) is 18.7 Å². The molecular weight excluding hydrogens is 194 g/mol. The highest BCUT2D eigenvalue weighted by atomic mass is 16.4. The molecule has 1 aliphatic heterocycles. The summed E-state index contributed by atoms with van der Waals surface area (Å²) in [4.78, 5) is 23.9. The molecular formula is C11H19NO3. The first-order valence-corrected chi connectivity index (χ1v) is 5.66. The Hall–Kier alpha value is -1.06. The van der Waals surface area contributed by atoms with Gasteiger partial charge in [-0.1, -0.05) is 13.3 Å². The molecule has 1 atom stereocenters. The smallest absolute Gasteiger partial charge is 0.303 e. The van der Waals surface area contributed by atoms with Gasteiger partial charge in [-0.15, -0.1) is 0 Å². The van der Waals surface area contributed by atoms with E-state index in [4.69, 9.17) is 5.11 Å². The van der Waals surface area contributed by atoms with Gasteiger partial charge >= 0.3 is 5.97 Å². The number of nitrogens with zero attached hydrogens (tertiary/aromatic N) is 1. The summed E-state index contributed by atoms with van der Waals surface area (Å²) >= 11 is 0. The van der Waals surface area contributed by atoms with Crippen LogP contribution in [0.15, 0.2) is 0 Å². The Balaban J connectivity index is 2.40. The molecule has 0 spiro atoms. The largest absolute Gasteiger partial charge is 0.481 e. The highest BCUT2D eigenvalue weighted by Gasteiger charge is 2.27. The fourth-order valence-electron chi connectivity index (χ4n) is 2.15. The molecule has 0 aromatic carbocycles. The number of aliphatic carboxylic acids is 1. The standard InChI is InChI=1S/C11H19NO3/c1-2-4-9-5-3-8-12(9)10(13)6-7-11(14)15/h9H,2-8H2,1H3,(H,14,15). The van der Waals surface area contributed by atoms with Crippen LogP contribution in [-0.4, -0.2) is 34.5 Å². The maximum atomic E-state index is 11.7. The molecule has 0 aliphatic carbocycles. The lowest BCUT2D eigenvalue weighted by Gasteiger charge is -2.24. The van der Waals surface area contributed by atoms with E-state index in [1.165, 1.54) is 0 Å². The third-order valence-corrected chi connectivity index (χ3v) is 2.87. The van der Waals surface area contributed by atoms with Crippen LogP contribution in [0.25, 0.3) is 0 Å². The fraction of sp³-hybridized carbons (Fsp3) is 0.818. The quantitative estimate of drug-likeness (QED) is 0.755. The van der Waals surface area contributed by atoms with Crippen molar-refractivity contribution in [2.75, 3.05) is 6.54 Å². The summed E-state index contributed by atoms with van der Waals surface area (Å²) in [7, 11) is 0. The molecule has 0 aromatic rings. The van der Waals surface area contributed by atoms with Crippen molar-refractivity contribution in [3.63, 3.8) is 0 Å². The highest BCUT2D eigenvalue weighted by Crippen LogP contribution is 2.22. The number of hydrogen-bond acceptors (Lipinski definition) is 2. The first kappa shape index (κ1) is 12.0. The number of hydrogen-bond donors (Lipinski definition) is 1. The molecule has 1 N–H and O–H groups in total. The molecule has 0 aromatic heterocycles. The van der Waals surface area contributed by atoms with Gasteiger partial charge in [-0.05, 0) is 19.3 Å². The van der Waals surface area contributed by atoms with Gasteiger partial charge in [0.1, 0.15) is 0 Å². The lowest BCUT2D eigenvalue weighted by molar-refractivity contribution is -0.141. The zero-order valence-electron chi connectivity index (χ0n) is 9.24. The van der Waals surface area contributed by atoms with Gasteiger partial charge in [0.15, 0.2) is 0 Å². The Bertz CT molecular complexity index is 240. The highest BCUT2D eigenvalue weighted by molar-refractivity contribution is 5.81. The molecule has 86 valence electrons. The van der Waals surface area contributed by atoms with Crippen LogP contribution in [0.4, 0.5) is 0 Å².